The number of anilines is 1. The van der Waals surface area contributed by atoms with E-state index >= 15 is 0 Å². The van der Waals surface area contributed by atoms with Crippen LogP contribution in [-0.2, 0) is 0 Å². The third-order valence-corrected chi connectivity index (χ3v) is 3.88. The molecule has 1 aliphatic carbocycles. The lowest BCUT2D eigenvalue weighted by atomic mass is 10.0. The van der Waals surface area contributed by atoms with E-state index in [2.05, 4.69) is 29.8 Å². The van der Waals surface area contributed by atoms with Crippen LogP contribution in [0.3, 0.4) is 0 Å². The molecule has 1 aromatic rings. The Balaban J connectivity index is 2.36. The van der Waals surface area contributed by atoms with E-state index in [0.29, 0.717) is 17.3 Å². The minimum absolute atomic E-state index is 0.322. The van der Waals surface area contributed by atoms with E-state index in [1.54, 1.807) is 0 Å². The van der Waals surface area contributed by atoms with Crippen LogP contribution in [0.1, 0.15) is 25.3 Å². The summed E-state index contributed by atoms with van der Waals surface area (Å²) in [6.45, 7) is 5.35. The first kappa shape index (κ1) is 11.4. The maximum absolute atomic E-state index is 5.83. The fraction of sp³-hybridized carbons (Fsp3) is 0.615. The number of rotatable bonds is 3. The molecule has 2 N–H and O–H groups in total. The number of nitrogens with zero attached hydrogens (tertiary/aromatic N) is 2. The minimum Gasteiger partial charge on any atom is -0.363 e. The molecular weight excluding hydrogens is 198 g/mol. The summed E-state index contributed by atoms with van der Waals surface area (Å²) in [7, 11) is 4.08. The first-order chi connectivity index (χ1) is 7.50. The average Bonchev–Trinajstić information content (AvgIpc) is 2.80. The normalized spacial score (nSPS) is 26.6. The third kappa shape index (κ3) is 1.59. The topological polar surface area (TPSA) is 42.2 Å². The van der Waals surface area contributed by atoms with Crippen molar-refractivity contribution in [2.24, 2.45) is 17.1 Å². The smallest absolute Gasteiger partial charge is 0.131 e. The molecule has 1 heterocycles. The van der Waals surface area contributed by atoms with Crippen molar-refractivity contribution in [2.75, 3.05) is 25.5 Å². The molecule has 3 heteroatoms. The first-order valence-corrected chi connectivity index (χ1v) is 5.82. The Kier molecular flexibility index (Phi) is 2.66. The fourth-order valence-electron chi connectivity index (χ4n) is 2.83. The van der Waals surface area contributed by atoms with E-state index in [1.165, 1.54) is 5.56 Å². The molecule has 1 fully saturated rings. The van der Waals surface area contributed by atoms with Crippen molar-refractivity contribution in [2.45, 2.75) is 19.8 Å². The Morgan fingerprint density at radius 1 is 1.44 bits per heavy atom. The van der Waals surface area contributed by atoms with Gasteiger partial charge in [0.25, 0.3) is 0 Å². The lowest BCUT2D eigenvalue weighted by molar-refractivity contribution is 0.558. The van der Waals surface area contributed by atoms with Gasteiger partial charge in [0.15, 0.2) is 0 Å². The summed E-state index contributed by atoms with van der Waals surface area (Å²) in [6, 6.07) is 4.20. The predicted molar refractivity (Wildman–Crippen MR) is 67.6 cm³/mol. The predicted octanol–water partition coefficient (Wildman–Crippen LogP) is 1.85. The zero-order valence-electron chi connectivity index (χ0n) is 10.6. The highest BCUT2D eigenvalue weighted by atomic mass is 15.1. The second-order valence-corrected chi connectivity index (χ2v) is 5.45. The highest BCUT2D eigenvalue weighted by Gasteiger charge is 2.58. The van der Waals surface area contributed by atoms with Crippen LogP contribution in [0.5, 0.6) is 0 Å². The van der Waals surface area contributed by atoms with Crippen molar-refractivity contribution in [1.29, 1.82) is 0 Å². The van der Waals surface area contributed by atoms with Crippen LogP contribution in [0.25, 0.3) is 0 Å². The molecule has 0 amide bonds. The Labute approximate surface area is 97.7 Å². The van der Waals surface area contributed by atoms with Crippen molar-refractivity contribution < 1.29 is 0 Å². The van der Waals surface area contributed by atoms with Gasteiger partial charge in [-0.2, -0.15) is 0 Å². The highest BCUT2D eigenvalue weighted by Crippen LogP contribution is 2.64. The van der Waals surface area contributed by atoms with E-state index in [9.17, 15) is 0 Å². The molecule has 0 bridgehead atoms. The summed E-state index contributed by atoms with van der Waals surface area (Å²) >= 11 is 0. The molecular formula is C13H21N3. The van der Waals surface area contributed by atoms with Gasteiger partial charge in [0.1, 0.15) is 5.82 Å². The zero-order chi connectivity index (χ0) is 11.9. The minimum atomic E-state index is 0.322. The standard InChI is InChI=1S/C13H21N3/c1-13(2)10(8-14)11(13)9-6-5-7-15-12(9)16(3)4/h5-7,10-11H,8,14H2,1-4H3. The van der Waals surface area contributed by atoms with E-state index < -0.39 is 0 Å². The molecule has 0 spiro atoms. The summed E-state index contributed by atoms with van der Waals surface area (Å²) in [5.74, 6) is 2.23. The Hall–Kier alpha value is -1.09. The Morgan fingerprint density at radius 2 is 2.12 bits per heavy atom. The summed E-state index contributed by atoms with van der Waals surface area (Å²) in [4.78, 5) is 6.54. The second-order valence-electron chi connectivity index (χ2n) is 5.45. The quantitative estimate of drug-likeness (QED) is 0.843. The molecule has 0 saturated heterocycles. The van der Waals surface area contributed by atoms with Crippen molar-refractivity contribution in [1.82, 2.24) is 4.98 Å². The first-order valence-electron chi connectivity index (χ1n) is 5.82. The van der Waals surface area contributed by atoms with Crippen LogP contribution < -0.4 is 10.6 Å². The molecule has 0 radical (unpaired) electrons. The summed E-state index contributed by atoms with van der Waals surface area (Å²) in [5, 5.41) is 0. The van der Waals surface area contributed by atoms with E-state index in [4.69, 9.17) is 5.73 Å². The van der Waals surface area contributed by atoms with Crippen LogP contribution in [0, 0.1) is 11.3 Å². The van der Waals surface area contributed by atoms with E-state index in [0.717, 1.165) is 12.4 Å². The average molecular weight is 219 g/mol. The zero-order valence-corrected chi connectivity index (χ0v) is 10.6. The summed E-state index contributed by atoms with van der Waals surface area (Å²) in [5.41, 5.74) is 7.49. The summed E-state index contributed by atoms with van der Waals surface area (Å²) < 4.78 is 0. The molecule has 1 aliphatic rings. The van der Waals surface area contributed by atoms with Gasteiger partial charge in [0.2, 0.25) is 0 Å². The maximum atomic E-state index is 5.83. The largest absolute Gasteiger partial charge is 0.363 e. The molecule has 0 aromatic carbocycles. The number of hydrogen-bond acceptors (Lipinski definition) is 3. The molecule has 2 atom stereocenters. The molecule has 3 nitrogen and oxygen atoms in total. The molecule has 2 rings (SSSR count). The molecule has 2 unspecified atom stereocenters. The fourth-order valence-corrected chi connectivity index (χ4v) is 2.83. The molecule has 16 heavy (non-hydrogen) atoms. The van der Waals surface area contributed by atoms with Gasteiger partial charge < -0.3 is 10.6 Å². The van der Waals surface area contributed by atoms with Gasteiger partial charge in [-0.1, -0.05) is 19.9 Å². The van der Waals surface area contributed by atoms with Crippen LogP contribution >= 0.6 is 0 Å². The highest BCUT2D eigenvalue weighted by molar-refractivity contribution is 5.51. The SMILES string of the molecule is CN(C)c1ncccc1C1C(CN)C1(C)C. The second kappa shape index (κ2) is 3.74. The van der Waals surface area contributed by atoms with Gasteiger partial charge in [-0.05, 0) is 35.4 Å². The Bertz CT molecular complexity index is 385. The van der Waals surface area contributed by atoms with Crippen molar-refractivity contribution in [3.05, 3.63) is 23.9 Å². The van der Waals surface area contributed by atoms with Crippen molar-refractivity contribution in [3.8, 4) is 0 Å². The number of hydrogen-bond donors (Lipinski definition) is 1. The van der Waals surface area contributed by atoms with E-state index in [-0.39, 0.29) is 0 Å². The Morgan fingerprint density at radius 3 is 2.62 bits per heavy atom. The molecule has 88 valence electrons. The summed E-state index contributed by atoms with van der Waals surface area (Å²) in [6.07, 6.45) is 1.85. The molecule has 1 saturated carbocycles. The molecule has 0 aliphatic heterocycles. The monoisotopic (exact) mass is 219 g/mol. The van der Waals surface area contributed by atoms with Gasteiger partial charge in [0.05, 0.1) is 0 Å². The van der Waals surface area contributed by atoms with Gasteiger partial charge >= 0.3 is 0 Å². The van der Waals surface area contributed by atoms with Gasteiger partial charge in [0, 0.05) is 20.3 Å². The van der Waals surface area contributed by atoms with Gasteiger partial charge in [-0.3, -0.25) is 0 Å². The lowest BCUT2D eigenvalue weighted by Gasteiger charge is -2.16. The van der Waals surface area contributed by atoms with Gasteiger partial charge in [-0.15, -0.1) is 0 Å². The van der Waals surface area contributed by atoms with Gasteiger partial charge in [-0.25, -0.2) is 4.98 Å². The third-order valence-electron chi connectivity index (χ3n) is 3.88. The van der Waals surface area contributed by atoms with E-state index in [1.807, 2.05) is 26.4 Å². The van der Waals surface area contributed by atoms with Crippen LogP contribution in [0.15, 0.2) is 18.3 Å². The van der Waals surface area contributed by atoms with Crippen molar-refractivity contribution >= 4 is 5.82 Å². The van der Waals surface area contributed by atoms with Crippen LogP contribution in [0.4, 0.5) is 5.82 Å². The molecule has 1 aromatic heterocycles. The maximum Gasteiger partial charge on any atom is 0.131 e. The number of nitrogens with two attached hydrogens (primary N) is 1. The lowest BCUT2D eigenvalue weighted by Crippen LogP contribution is -2.13. The van der Waals surface area contributed by atoms with Crippen LogP contribution in [0.2, 0.25) is 0 Å². The number of pyridine rings is 1. The van der Waals surface area contributed by atoms with Crippen LogP contribution in [-0.4, -0.2) is 25.6 Å². The number of aromatic nitrogens is 1. The van der Waals surface area contributed by atoms with Crippen molar-refractivity contribution in [3.63, 3.8) is 0 Å².